The Morgan fingerprint density at radius 2 is 2.24 bits per heavy atom. The van der Waals surface area contributed by atoms with Crippen molar-refractivity contribution in [3.8, 4) is 11.4 Å². The highest BCUT2D eigenvalue weighted by Crippen LogP contribution is 2.30. The lowest BCUT2D eigenvalue weighted by Gasteiger charge is -2.28. The number of halogens is 1. The van der Waals surface area contributed by atoms with Crippen LogP contribution in [0.3, 0.4) is 0 Å². The van der Waals surface area contributed by atoms with E-state index in [1.807, 2.05) is 32.2 Å². The lowest BCUT2D eigenvalue weighted by Crippen LogP contribution is -2.39. The third-order valence-corrected chi connectivity index (χ3v) is 4.51. The number of hydrogen-bond acceptors (Lipinski definition) is 5. The number of hydrogen-bond donors (Lipinski definition) is 1. The second-order valence-corrected chi connectivity index (χ2v) is 6.16. The zero-order chi connectivity index (χ0) is 14.8. The number of ether oxygens (including phenoxy) is 1. The average molecular weight is 352 g/mol. The molecule has 0 amide bonds. The summed E-state index contributed by atoms with van der Waals surface area (Å²) >= 11 is 3.56. The fraction of sp³-hybridized carbons (Fsp3) is 0.467. The summed E-state index contributed by atoms with van der Waals surface area (Å²) in [6.45, 7) is 3.43. The molecular formula is C15H18BrN3O2. The molecule has 5 nitrogen and oxygen atoms in total. The van der Waals surface area contributed by atoms with E-state index in [-0.39, 0.29) is 5.92 Å². The highest BCUT2D eigenvalue weighted by molar-refractivity contribution is 9.10. The normalized spacial score (nSPS) is 22.4. The first-order valence-corrected chi connectivity index (χ1v) is 7.83. The molecule has 2 aromatic rings. The number of benzene rings is 1. The molecule has 1 N–H and O–H groups in total. The third kappa shape index (κ3) is 3.02. The number of aryl methyl sites for hydroxylation is 1. The molecule has 0 radical (unpaired) electrons. The Kier molecular flexibility index (Phi) is 4.37. The molecule has 1 aliphatic heterocycles. The summed E-state index contributed by atoms with van der Waals surface area (Å²) in [4.78, 5) is 4.57. The number of nitrogens with zero attached hydrogens (tertiary/aromatic N) is 2. The third-order valence-electron chi connectivity index (χ3n) is 3.85. The minimum absolute atomic E-state index is 0.106. The molecule has 2 atom stereocenters. The summed E-state index contributed by atoms with van der Waals surface area (Å²) in [7, 11) is 1.96. The molecule has 0 aliphatic carbocycles. The molecular weight excluding hydrogens is 334 g/mol. The predicted octanol–water partition coefficient (Wildman–Crippen LogP) is 2.90. The minimum atomic E-state index is 0.106. The summed E-state index contributed by atoms with van der Waals surface area (Å²) in [6, 6.07) is 6.40. The molecule has 0 spiro atoms. The van der Waals surface area contributed by atoms with Gasteiger partial charge in [-0.1, -0.05) is 27.2 Å². The van der Waals surface area contributed by atoms with Crippen LogP contribution in [0.4, 0.5) is 0 Å². The lowest BCUT2D eigenvalue weighted by atomic mass is 9.96. The van der Waals surface area contributed by atoms with Crippen LogP contribution in [0.1, 0.15) is 23.8 Å². The quantitative estimate of drug-likeness (QED) is 0.921. The van der Waals surface area contributed by atoms with Crippen LogP contribution in [0.15, 0.2) is 27.2 Å². The largest absolute Gasteiger partial charge is 0.381 e. The van der Waals surface area contributed by atoms with Gasteiger partial charge in [-0.3, -0.25) is 0 Å². The van der Waals surface area contributed by atoms with E-state index in [1.165, 1.54) is 5.56 Å². The maximum atomic E-state index is 5.55. The van der Waals surface area contributed by atoms with Gasteiger partial charge in [-0.05, 0) is 38.1 Å². The minimum Gasteiger partial charge on any atom is -0.381 e. The highest BCUT2D eigenvalue weighted by atomic mass is 79.9. The van der Waals surface area contributed by atoms with Crippen molar-refractivity contribution in [1.29, 1.82) is 0 Å². The Bertz CT molecular complexity index is 629. The smallest absolute Gasteiger partial charge is 0.233 e. The van der Waals surface area contributed by atoms with Crippen molar-refractivity contribution in [2.24, 2.45) is 0 Å². The Balaban J connectivity index is 1.89. The average Bonchev–Trinajstić information content (AvgIpc) is 2.96. The first-order valence-electron chi connectivity index (χ1n) is 7.04. The number of rotatable bonds is 3. The maximum Gasteiger partial charge on any atom is 0.233 e. The van der Waals surface area contributed by atoms with Crippen molar-refractivity contribution in [3.05, 3.63) is 34.1 Å². The molecule has 1 aromatic carbocycles. The first-order chi connectivity index (χ1) is 10.2. The van der Waals surface area contributed by atoms with Gasteiger partial charge in [0, 0.05) is 22.7 Å². The fourth-order valence-corrected chi connectivity index (χ4v) is 3.29. The molecule has 112 valence electrons. The Morgan fingerprint density at radius 1 is 1.38 bits per heavy atom. The van der Waals surface area contributed by atoms with Crippen molar-refractivity contribution in [1.82, 2.24) is 15.5 Å². The monoisotopic (exact) mass is 351 g/mol. The van der Waals surface area contributed by atoms with E-state index in [2.05, 4.69) is 31.4 Å². The molecule has 3 rings (SSSR count). The van der Waals surface area contributed by atoms with E-state index in [0.29, 0.717) is 24.4 Å². The van der Waals surface area contributed by atoms with E-state index >= 15 is 0 Å². The second kappa shape index (κ2) is 6.25. The molecule has 1 fully saturated rings. The molecule has 1 aliphatic rings. The molecule has 6 heteroatoms. The number of likely N-dealkylation sites (N-methyl/N-ethyl adjacent to an activating group) is 1. The molecule has 1 saturated heterocycles. The van der Waals surface area contributed by atoms with Gasteiger partial charge in [0.05, 0.1) is 12.5 Å². The first kappa shape index (κ1) is 14.7. The van der Waals surface area contributed by atoms with Gasteiger partial charge >= 0.3 is 0 Å². The molecule has 2 unspecified atom stereocenters. The number of aromatic nitrogens is 2. The lowest BCUT2D eigenvalue weighted by molar-refractivity contribution is 0.0516. The van der Waals surface area contributed by atoms with Crippen LogP contribution in [0.25, 0.3) is 11.4 Å². The standard InChI is InChI=1S/C15H18BrN3O2/c1-9-3-4-10(12(16)7-9)14-18-15(21-19-14)11-8-20-6-5-13(11)17-2/h3-4,7,11,13,17H,5-6,8H2,1-2H3. The van der Waals surface area contributed by atoms with Crippen LogP contribution in [0.2, 0.25) is 0 Å². The van der Waals surface area contributed by atoms with Crippen molar-refractivity contribution >= 4 is 15.9 Å². The van der Waals surface area contributed by atoms with Crippen molar-refractivity contribution in [2.75, 3.05) is 20.3 Å². The van der Waals surface area contributed by atoms with Crippen LogP contribution in [0, 0.1) is 6.92 Å². The van der Waals surface area contributed by atoms with Crippen molar-refractivity contribution < 1.29 is 9.26 Å². The van der Waals surface area contributed by atoms with E-state index in [9.17, 15) is 0 Å². The SMILES string of the molecule is CNC1CCOCC1c1nc(-c2ccc(C)cc2Br)no1. The van der Waals surface area contributed by atoms with Gasteiger partial charge in [0.2, 0.25) is 11.7 Å². The van der Waals surface area contributed by atoms with Gasteiger partial charge < -0.3 is 14.6 Å². The summed E-state index contributed by atoms with van der Waals surface area (Å²) in [6.07, 6.45) is 0.951. The van der Waals surface area contributed by atoms with Crippen LogP contribution in [-0.2, 0) is 4.74 Å². The summed E-state index contributed by atoms with van der Waals surface area (Å²) in [5, 5.41) is 7.42. The Morgan fingerprint density at radius 3 is 3.00 bits per heavy atom. The van der Waals surface area contributed by atoms with Gasteiger partial charge in [0.25, 0.3) is 0 Å². The van der Waals surface area contributed by atoms with Gasteiger partial charge in [-0.2, -0.15) is 4.98 Å². The second-order valence-electron chi connectivity index (χ2n) is 5.30. The van der Waals surface area contributed by atoms with Gasteiger partial charge in [0.1, 0.15) is 0 Å². The summed E-state index contributed by atoms with van der Waals surface area (Å²) in [5.41, 5.74) is 2.12. The van der Waals surface area contributed by atoms with Crippen molar-refractivity contribution in [2.45, 2.75) is 25.3 Å². The fourth-order valence-electron chi connectivity index (χ4n) is 2.62. The molecule has 1 aromatic heterocycles. The van der Waals surface area contributed by atoms with Crippen molar-refractivity contribution in [3.63, 3.8) is 0 Å². The summed E-state index contributed by atoms with van der Waals surface area (Å²) in [5.74, 6) is 1.35. The summed E-state index contributed by atoms with van der Waals surface area (Å²) < 4.78 is 12.0. The maximum absolute atomic E-state index is 5.55. The zero-order valence-corrected chi connectivity index (χ0v) is 13.7. The van der Waals surface area contributed by atoms with E-state index in [4.69, 9.17) is 9.26 Å². The van der Waals surface area contributed by atoms with E-state index < -0.39 is 0 Å². The zero-order valence-electron chi connectivity index (χ0n) is 12.1. The van der Waals surface area contributed by atoms with Crippen LogP contribution < -0.4 is 5.32 Å². The molecule has 2 heterocycles. The number of nitrogens with one attached hydrogen (secondary N) is 1. The van der Waals surface area contributed by atoms with Gasteiger partial charge in [-0.25, -0.2) is 0 Å². The predicted molar refractivity (Wildman–Crippen MR) is 83.2 cm³/mol. The van der Waals surface area contributed by atoms with Crippen LogP contribution >= 0.6 is 15.9 Å². The molecule has 0 bridgehead atoms. The van der Waals surface area contributed by atoms with Crippen LogP contribution in [0.5, 0.6) is 0 Å². The van der Waals surface area contributed by atoms with Crippen LogP contribution in [-0.4, -0.2) is 36.4 Å². The Labute approximate surface area is 132 Å². The topological polar surface area (TPSA) is 60.2 Å². The van der Waals surface area contributed by atoms with Gasteiger partial charge in [0.15, 0.2) is 0 Å². The molecule has 21 heavy (non-hydrogen) atoms. The van der Waals surface area contributed by atoms with E-state index in [1.54, 1.807) is 0 Å². The highest BCUT2D eigenvalue weighted by Gasteiger charge is 2.31. The van der Waals surface area contributed by atoms with Gasteiger partial charge in [-0.15, -0.1) is 0 Å². The Hall–Kier alpha value is -1.24. The van der Waals surface area contributed by atoms with E-state index in [0.717, 1.165) is 23.1 Å². The molecule has 0 saturated carbocycles.